The lowest BCUT2D eigenvalue weighted by Gasteiger charge is -2.35. The predicted octanol–water partition coefficient (Wildman–Crippen LogP) is 1.65. The van der Waals surface area contributed by atoms with Crippen LogP contribution in [-0.2, 0) is 14.8 Å². The van der Waals surface area contributed by atoms with E-state index in [4.69, 9.17) is 5.11 Å². The molecule has 0 atom stereocenters. The minimum atomic E-state index is -3.69. The molecular formula is C17H24N2O5S. The zero-order valence-electron chi connectivity index (χ0n) is 14.7. The Hall–Kier alpha value is -1.93. The first-order valence-electron chi connectivity index (χ1n) is 8.12. The number of hydrogen-bond acceptors (Lipinski definition) is 4. The van der Waals surface area contributed by atoms with Gasteiger partial charge in [-0.2, -0.15) is 4.31 Å². The normalized spacial score (nSPS) is 16.7. The molecule has 7 nitrogen and oxygen atoms in total. The Balaban J connectivity index is 2.03. The molecule has 8 heteroatoms. The molecule has 25 heavy (non-hydrogen) atoms. The molecule has 0 radical (unpaired) electrons. The van der Waals surface area contributed by atoms with Gasteiger partial charge >= 0.3 is 5.97 Å². The van der Waals surface area contributed by atoms with Crippen molar-refractivity contribution in [2.24, 2.45) is 5.41 Å². The molecule has 2 rings (SSSR count). The molecule has 0 bridgehead atoms. The molecule has 1 fully saturated rings. The van der Waals surface area contributed by atoms with Crippen molar-refractivity contribution < 1.29 is 23.1 Å². The largest absolute Gasteiger partial charge is 0.478 e. The number of aromatic carboxylic acids is 1. The van der Waals surface area contributed by atoms with Gasteiger partial charge in [-0.05, 0) is 29.7 Å². The van der Waals surface area contributed by atoms with Gasteiger partial charge in [-0.1, -0.05) is 20.8 Å². The first-order valence-corrected chi connectivity index (χ1v) is 9.56. The van der Waals surface area contributed by atoms with Crippen LogP contribution in [0.4, 0.5) is 0 Å². The second-order valence-corrected chi connectivity index (χ2v) is 9.29. The van der Waals surface area contributed by atoms with Crippen LogP contribution in [0.2, 0.25) is 0 Å². The Morgan fingerprint density at radius 3 is 2.00 bits per heavy atom. The van der Waals surface area contributed by atoms with Gasteiger partial charge in [0.15, 0.2) is 0 Å². The molecule has 1 N–H and O–H groups in total. The number of carbonyl (C=O) groups excluding carboxylic acids is 1. The molecule has 0 unspecified atom stereocenters. The van der Waals surface area contributed by atoms with Gasteiger partial charge in [0.2, 0.25) is 15.9 Å². The average molecular weight is 368 g/mol. The molecule has 138 valence electrons. The molecule has 0 aliphatic carbocycles. The highest BCUT2D eigenvalue weighted by Gasteiger charge is 2.31. The number of sulfonamides is 1. The molecule has 0 spiro atoms. The zero-order valence-corrected chi connectivity index (χ0v) is 15.5. The maximum Gasteiger partial charge on any atom is 0.335 e. The number of piperazine rings is 1. The first kappa shape index (κ1) is 19.4. The number of nitrogens with zero attached hydrogens (tertiary/aromatic N) is 2. The standard InChI is InChI=1S/C17H24N2O5S/c1-17(2,3)12-15(20)18-8-10-19(11-9-18)25(23,24)14-6-4-13(5-7-14)16(21)22/h4-7H,8-12H2,1-3H3,(H,21,22). The van der Waals surface area contributed by atoms with Crippen molar-refractivity contribution in [3.05, 3.63) is 29.8 Å². The van der Waals surface area contributed by atoms with Crippen molar-refractivity contribution in [2.45, 2.75) is 32.1 Å². The number of amides is 1. The Labute approximate surface area is 148 Å². The van der Waals surface area contributed by atoms with Gasteiger partial charge in [0.05, 0.1) is 10.5 Å². The molecular weight excluding hydrogens is 344 g/mol. The highest BCUT2D eigenvalue weighted by atomic mass is 32.2. The van der Waals surface area contributed by atoms with Crippen LogP contribution < -0.4 is 0 Å². The Bertz CT molecular complexity index is 742. The molecule has 1 heterocycles. The number of rotatable bonds is 4. The van der Waals surface area contributed by atoms with E-state index in [0.29, 0.717) is 19.5 Å². The fourth-order valence-electron chi connectivity index (χ4n) is 2.66. The smallest absolute Gasteiger partial charge is 0.335 e. The van der Waals surface area contributed by atoms with Gasteiger partial charge in [0.1, 0.15) is 0 Å². The van der Waals surface area contributed by atoms with Crippen LogP contribution in [0.3, 0.4) is 0 Å². The van der Waals surface area contributed by atoms with Gasteiger partial charge in [-0.3, -0.25) is 4.79 Å². The Morgan fingerprint density at radius 2 is 1.56 bits per heavy atom. The SMILES string of the molecule is CC(C)(C)CC(=O)N1CCN(S(=O)(=O)c2ccc(C(=O)O)cc2)CC1. The summed E-state index contributed by atoms with van der Waals surface area (Å²) in [7, 11) is -3.69. The molecule has 1 aliphatic heterocycles. The molecule has 1 saturated heterocycles. The molecule has 1 aromatic rings. The second kappa shape index (κ2) is 7.13. The minimum Gasteiger partial charge on any atom is -0.478 e. The van der Waals surface area contributed by atoms with Gasteiger partial charge in [-0.25, -0.2) is 13.2 Å². The number of carbonyl (C=O) groups is 2. The van der Waals surface area contributed by atoms with E-state index in [1.807, 2.05) is 20.8 Å². The summed E-state index contributed by atoms with van der Waals surface area (Å²) in [6, 6.07) is 5.16. The van der Waals surface area contributed by atoms with E-state index in [9.17, 15) is 18.0 Å². The van der Waals surface area contributed by atoms with E-state index in [-0.39, 0.29) is 34.9 Å². The summed E-state index contributed by atoms with van der Waals surface area (Å²) in [5, 5.41) is 8.89. The van der Waals surface area contributed by atoms with Crippen molar-refractivity contribution in [1.29, 1.82) is 0 Å². The quantitative estimate of drug-likeness (QED) is 0.872. The van der Waals surface area contributed by atoms with Gasteiger partial charge in [0, 0.05) is 32.6 Å². The van der Waals surface area contributed by atoms with Crippen molar-refractivity contribution in [2.75, 3.05) is 26.2 Å². The van der Waals surface area contributed by atoms with Crippen molar-refractivity contribution in [3.63, 3.8) is 0 Å². The number of carboxylic acids is 1. The fraction of sp³-hybridized carbons (Fsp3) is 0.529. The molecule has 1 amide bonds. The van der Waals surface area contributed by atoms with Gasteiger partial charge in [0.25, 0.3) is 0 Å². The topological polar surface area (TPSA) is 95.0 Å². The third-order valence-corrected chi connectivity index (χ3v) is 5.92. The van der Waals surface area contributed by atoms with Crippen LogP contribution in [0.15, 0.2) is 29.2 Å². The molecule has 0 saturated carbocycles. The van der Waals surface area contributed by atoms with Crippen molar-refractivity contribution in [1.82, 2.24) is 9.21 Å². The zero-order chi connectivity index (χ0) is 18.8. The monoisotopic (exact) mass is 368 g/mol. The van der Waals surface area contributed by atoms with Gasteiger partial charge in [-0.15, -0.1) is 0 Å². The summed E-state index contributed by atoms with van der Waals surface area (Å²) < 4.78 is 26.6. The Kier molecular flexibility index (Phi) is 5.53. The highest BCUT2D eigenvalue weighted by Crippen LogP contribution is 2.22. The summed E-state index contributed by atoms with van der Waals surface area (Å²) in [5.74, 6) is -1.06. The average Bonchev–Trinajstić information content (AvgIpc) is 2.53. The predicted molar refractivity (Wildman–Crippen MR) is 92.8 cm³/mol. The van der Waals surface area contributed by atoms with Crippen LogP contribution in [0, 0.1) is 5.41 Å². The summed E-state index contributed by atoms with van der Waals surface area (Å²) in [4.78, 5) is 24.9. The maximum absolute atomic E-state index is 12.6. The summed E-state index contributed by atoms with van der Waals surface area (Å²) >= 11 is 0. The van der Waals surface area contributed by atoms with E-state index in [0.717, 1.165) is 0 Å². The van der Waals surface area contributed by atoms with E-state index >= 15 is 0 Å². The highest BCUT2D eigenvalue weighted by molar-refractivity contribution is 7.89. The molecule has 1 aromatic carbocycles. The lowest BCUT2D eigenvalue weighted by atomic mass is 9.91. The van der Waals surface area contributed by atoms with Crippen molar-refractivity contribution in [3.8, 4) is 0 Å². The maximum atomic E-state index is 12.6. The van der Waals surface area contributed by atoms with Gasteiger partial charge < -0.3 is 10.0 Å². The molecule has 0 aromatic heterocycles. The summed E-state index contributed by atoms with van der Waals surface area (Å²) in [5.41, 5.74) is -0.0665. The Morgan fingerprint density at radius 1 is 1.04 bits per heavy atom. The number of benzene rings is 1. The lowest BCUT2D eigenvalue weighted by Crippen LogP contribution is -2.51. The summed E-state index contributed by atoms with van der Waals surface area (Å²) in [6.07, 6.45) is 0.427. The van der Waals surface area contributed by atoms with E-state index in [1.165, 1.54) is 28.6 Å². The first-order chi connectivity index (χ1) is 11.5. The number of hydrogen-bond donors (Lipinski definition) is 1. The molecule has 1 aliphatic rings. The number of carboxylic acid groups (broad SMARTS) is 1. The van der Waals surface area contributed by atoms with Crippen molar-refractivity contribution >= 4 is 21.9 Å². The second-order valence-electron chi connectivity index (χ2n) is 7.35. The van der Waals surface area contributed by atoms with Crippen LogP contribution in [0.1, 0.15) is 37.6 Å². The van der Waals surface area contributed by atoms with Crippen LogP contribution >= 0.6 is 0 Å². The van der Waals surface area contributed by atoms with Crippen LogP contribution in [0.5, 0.6) is 0 Å². The third kappa shape index (κ3) is 4.79. The lowest BCUT2D eigenvalue weighted by molar-refractivity contribution is -0.134. The van der Waals surface area contributed by atoms with E-state index in [1.54, 1.807) is 4.90 Å². The van der Waals surface area contributed by atoms with E-state index < -0.39 is 16.0 Å². The van der Waals surface area contributed by atoms with Crippen LogP contribution in [0.25, 0.3) is 0 Å². The third-order valence-electron chi connectivity index (χ3n) is 4.01. The fourth-order valence-corrected chi connectivity index (χ4v) is 4.08. The minimum absolute atomic E-state index is 0.0374. The summed E-state index contributed by atoms with van der Waals surface area (Å²) in [6.45, 7) is 7.17. The van der Waals surface area contributed by atoms with Crippen LogP contribution in [-0.4, -0.2) is 60.8 Å². The van der Waals surface area contributed by atoms with E-state index in [2.05, 4.69) is 0 Å².